The molecule has 0 spiro atoms. The van der Waals surface area contributed by atoms with Crippen molar-refractivity contribution in [3.63, 3.8) is 0 Å². The van der Waals surface area contributed by atoms with Gasteiger partial charge in [0.05, 0.1) is 0 Å². The molecule has 3 aromatic heterocycles. The molecule has 5 heteroatoms. The quantitative estimate of drug-likeness (QED) is 0.176. The molecule has 12 rings (SSSR count). The van der Waals surface area contributed by atoms with Crippen molar-refractivity contribution in [3.05, 3.63) is 188 Å². The lowest BCUT2D eigenvalue weighted by molar-refractivity contribution is 0.669. The van der Waals surface area contributed by atoms with Crippen LogP contribution >= 0.6 is 0 Å². The van der Waals surface area contributed by atoms with E-state index in [1.807, 2.05) is 60.7 Å². The molecule has 5 nitrogen and oxygen atoms in total. The van der Waals surface area contributed by atoms with Gasteiger partial charge in [0.2, 0.25) is 0 Å². The first-order chi connectivity index (χ1) is 28.7. The number of nitrogens with zero attached hydrogens (tertiary/aromatic N) is 3. The molecule has 0 aliphatic carbocycles. The van der Waals surface area contributed by atoms with Crippen molar-refractivity contribution in [2.24, 2.45) is 0 Å². The average Bonchev–Trinajstić information content (AvgIpc) is 3.86. The van der Waals surface area contributed by atoms with Gasteiger partial charge in [-0.3, -0.25) is 0 Å². The zero-order chi connectivity index (χ0) is 38.2. The summed E-state index contributed by atoms with van der Waals surface area (Å²) in [5, 5.41) is 8.64. The first kappa shape index (κ1) is 32.4. The minimum atomic E-state index is 0.587. The lowest BCUT2D eigenvalue weighted by Gasteiger charge is -2.15. The molecular weight excluding hydrogens is 711 g/mol. The molecule has 270 valence electrons. The highest BCUT2D eigenvalue weighted by Gasteiger charge is 2.22. The largest absolute Gasteiger partial charge is 0.456 e. The van der Waals surface area contributed by atoms with Crippen LogP contribution in [0, 0.1) is 0 Å². The average molecular weight is 742 g/mol. The van der Waals surface area contributed by atoms with Crippen molar-refractivity contribution < 1.29 is 8.83 Å². The lowest BCUT2D eigenvalue weighted by atomic mass is 9.90. The van der Waals surface area contributed by atoms with E-state index in [1.54, 1.807) is 0 Å². The third-order valence-corrected chi connectivity index (χ3v) is 11.3. The van der Waals surface area contributed by atoms with Gasteiger partial charge < -0.3 is 8.83 Å². The summed E-state index contributed by atoms with van der Waals surface area (Å²) in [6.07, 6.45) is 0. The number of benzene rings is 9. The summed E-state index contributed by atoms with van der Waals surface area (Å²) in [4.78, 5) is 15.6. The van der Waals surface area contributed by atoms with Gasteiger partial charge in [-0.2, -0.15) is 0 Å². The Morgan fingerprint density at radius 2 is 0.845 bits per heavy atom. The molecule has 0 radical (unpaired) electrons. The molecule has 12 aromatic rings. The molecule has 0 atom stereocenters. The summed E-state index contributed by atoms with van der Waals surface area (Å²) >= 11 is 0. The predicted molar refractivity (Wildman–Crippen MR) is 237 cm³/mol. The van der Waals surface area contributed by atoms with Gasteiger partial charge in [-0.1, -0.05) is 146 Å². The Labute approximate surface area is 332 Å². The van der Waals surface area contributed by atoms with Crippen molar-refractivity contribution in [2.45, 2.75) is 0 Å². The van der Waals surface area contributed by atoms with Crippen LogP contribution in [0.15, 0.2) is 197 Å². The minimum Gasteiger partial charge on any atom is -0.456 e. The van der Waals surface area contributed by atoms with Crippen molar-refractivity contribution in [2.75, 3.05) is 0 Å². The van der Waals surface area contributed by atoms with Crippen molar-refractivity contribution in [3.8, 4) is 56.4 Å². The van der Waals surface area contributed by atoms with E-state index in [9.17, 15) is 0 Å². The molecule has 0 fully saturated rings. The van der Waals surface area contributed by atoms with Crippen LogP contribution in [0.2, 0.25) is 0 Å². The second kappa shape index (κ2) is 12.8. The molecule has 0 saturated carbocycles. The van der Waals surface area contributed by atoms with E-state index in [-0.39, 0.29) is 0 Å². The van der Waals surface area contributed by atoms with Crippen molar-refractivity contribution in [1.29, 1.82) is 0 Å². The van der Waals surface area contributed by atoms with Crippen LogP contribution in [0.1, 0.15) is 0 Å². The van der Waals surface area contributed by atoms with Gasteiger partial charge >= 0.3 is 0 Å². The van der Waals surface area contributed by atoms with E-state index in [4.69, 9.17) is 23.8 Å². The number of hydrogen-bond donors (Lipinski definition) is 0. The van der Waals surface area contributed by atoms with Gasteiger partial charge in [0, 0.05) is 38.2 Å². The first-order valence-corrected chi connectivity index (χ1v) is 19.4. The maximum atomic E-state index is 6.72. The molecule has 9 aromatic carbocycles. The van der Waals surface area contributed by atoms with E-state index >= 15 is 0 Å². The molecule has 0 N–H and O–H groups in total. The second-order valence-corrected chi connectivity index (χ2v) is 14.7. The Morgan fingerprint density at radius 3 is 1.64 bits per heavy atom. The van der Waals surface area contributed by atoms with Crippen LogP contribution in [-0.2, 0) is 0 Å². The lowest BCUT2D eigenvalue weighted by Crippen LogP contribution is -2.01. The maximum absolute atomic E-state index is 6.72. The zero-order valence-corrected chi connectivity index (χ0v) is 31.1. The second-order valence-electron chi connectivity index (χ2n) is 14.7. The molecule has 0 unspecified atom stereocenters. The summed E-state index contributed by atoms with van der Waals surface area (Å²) in [5.41, 5.74) is 10.5. The molecule has 0 amide bonds. The number of hydrogen-bond acceptors (Lipinski definition) is 5. The van der Waals surface area contributed by atoms with E-state index < -0.39 is 0 Å². The van der Waals surface area contributed by atoms with Crippen LogP contribution < -0.4 is 0 Å². The number of para-hydroxylation sites is 1. The Hall–Kier alpha value is -7.89. The molecule has 0 aliphatic heterocycles. The van der Waals surface area contributed by atoms with Crippen LogP contribution in [0.4, 0.5) is 0 Å². The highest BCUT2D eigenvalue weighted by molar-refractivity contribution is 6.19. The summed E-state index contributed by atoms with van der Waals surface area (Å²) in [5.74, 6) is 1.79. The van der Waals surface area contributed by atoms with Gasteiger partial charge in [0.15, 0.2) is 17.5 Å². The fraction of sp³-hybridized carbons (Fsp3) is 0. The van der Waals surface area contributed by atoms with Gasteiger partial charge in [-0.15, -0.1) is 0 Å². The maximum Gasteiger partial charge on any atom is 0.164 e. The Bertz CT molecular complexity index is 3570. The monoisotopic (exact) mass is 741 g/mol. The summed E-state index contributed by atoms with van der Waals surface area (Å²) in [6.45, 7) is 0. The molecule has 0 bridgehead atoms. The van der Waals surface area contributed by atoms with Gasteiger partial charge in [-0.05, 0) is 86.3 Å². The standard InChI is InChI=1S/C53H31N3O2/c1-3-14-32(15-4-1)36-29-43(50-44-28-34-18-7-8-19-35(34)30-47(44)58-48(50)31-36)39-26-27-40(38-21-10-9-20-37(38)39)52-54-51(33-16-5-2-6-17-33)55-53(56-52)42-23-13-25-46-49(42)41-22-11-12-24-45(41)57-46/h1-31H. The number of aromatic nitrogens is 3. The first-order valence-electron chi connectivity index (χ1n) is 19.4. The van der Waals surface area contributed by atoms with E-state index in [0.717, 1.165) is 99.0 Å². The Balaban J connectivity index is 1.12. The molecule has 0 aliphatic rings. The number of fused-ring (bicyclic) bond motifs is 8. The van der Waals surface area contributed by atoms with Crippen LogP contribution in [-0.4, -0.2) is 15.0 Å². The van der Waals surface area contributed by atoms with Gasteiger partial charge in [-0.25, -0.2) is 15.0 Å². The molecule has 58 heavy (non-hydrogen) atoms. The van der Waals surface area contributed by atoms with Crippen LogP contribution in [0.3, 0.4) is 0 Å². The van der Waals surface area contributed by atoms with E-state index in [1.165, 1.54) is 5.39 Å². The molecule has 0 saturated heterocycles. The number of furan rings is 2. The van der Waals surface area contributed by atoms with Gasteiger partial charge in [0.1, 0.15) is 22.3 Å². The Morgan fingerprint density at radius 1 is 0.276 bits per heavy atom. The van der Waals surface area contributed by atoms with Crippen molar-refractivity contribution in [1.82, 2.24) is 15.0 Å². The summed E-state index contributed by atoms with van der Waals surface area (Å²) in [6, 6.07) is 65.1. The fourth-order valence-electron chi connectivity index (χ4n) is 8.62. The zero-order valence-electron chi connectivity index (χ0n) is 31.1. The topological polar surface area (TPSA) is 65.0 Å². The van der Waals surface area contributed by atoms with Crippen LogP contribution in [0.25, 0.3) is 122 Å². The van der Waals surface area contributed by atoms with Crippen molar-refractivity contribution >= 4 is 65.4 Å². The third-order valence-electron chi connectivity index (χ3n) is 11.3. The summed E-state index contributed by atoms with van der Waals surface area (Å²) < 4.78 is 13.0. The van der Waals surface area contributed by atoms with E-state index in [0.29, 0.717) is 17.5 Å². The normalized spacial score (nSPS) is 11.8. The van der Waals surface area contributed by atoms with Gasteiger partial charge in [0.25, 0.3) is 0 Å². The summed E-state index contributed by atoms with van der Waals surface area (Å²) in [7, 11) is 0. The highest BCUT2D eigenvalue weighted by atomic mass is 16.3. The third kappa shape index (κ3) is 5.14. The minimum absolute atomic E-state index is 0.587. The predicted octanol–water partition coefficient (Wildman–Crippen LogP) is 14.3. The highest BCUT2D eigenvalue weighted by Crippen LogP contribution is 2.45. The van der Waals surface area contributed by atoms with E-state index in [2.05, 4.69) is 127 Å². The fourth-order valence-corrected chi connectivity index (χ4v) is 8.62. The van der Waals surface area contributed by atoms with Crippen LogP contribution in [0.5, 0.6) is 0 Å². The smallest absolute Gasteiger partial charge is 0.164 e. The molecular formula is C53H31N3O2. The number of rotatable bonds is 5. The SMILES string of the molecule is c1ccc(-c2cc(-c3ccc(-c4nc(-c5ccccc5)nc(-c5cccc6oc7ccccc7c56)n4)c4ccccc34)c3c(c2)oc2cc4ccccc4cc23)cc1. The molecule has 3 heterocycles. The Kier molecular flexibility index (Phi) is 7.16.